The number of carbonyl (C=O) groups is 1. The van der Waals surface area contributed by atoms with Crippen LogP contribution in [0.5, 0.6) is 0 Å². The van der Waals surface area contributed by atoms with Crippen molar-refractivity contribution in [2.24, 2.45) is 0 Å². The highest BCUT2D eigenvalue weighted by Crippen LogP contribution is 2.22. The van der Waals surface area contributed by atoms with Crippen LogP contribution in [0.25, 0.3) is 5.65 Å². The van der Waals surface area contributed by atoms with E-state index in [-0.39, 0.29) is 11.8 Å². The summed E-state index contributed by atoms with van der Waals surface area (Å²) in [6.45, 7) is 2.53. The van der Waals surface area contributed by atoms with Crippen LogP contribution < -0.4 is 10.2 Å². The van der Waals surface area contributed by atoms with Crippen molar-refractivity contribution >= 4 is 34.0 Å². The highest BCUT2D eigenvalue weighted by atomic mass is 32.1. The maximum atomic E-state index is 13.0. The van der Waals surface area contributed by atoms with Gasteiger partial charge in [0, 0.05) is 43.7 Å². The number of nitrogens with zero attached hydrogens (tertiary/aromatic N) is 7. The number of anilines is 2. The Hall–Kier alpha value is -3.60. The van der Waals surface area contributed by atoms with Crippen molar-refractivity contribution in [3.63, 3.8) is 0 Å². The molecule has 158 valence electrons. The zero-order valence-corrected chi connectivity index (χ0v) is 17.3. The maximum absolute atomic E-state index is 13.0. The highest BCUT2D eigenvalue weighted by Gasteiger charge is 2.23. The first-order chi connectivity index (χ1) is 15.1. The van der Waals surface area contributed by atoms with Gasteiger partial charge in [0.1, 0.15) is 18.0 Å². The number of rotatable bonds is 4. The van der Waals surface area contributed by atoms with Gasteiger partial charge in [0.15, 0.2) is 10.8 Å². The van der Waals surface area contributed by atoms with Gasteiger partial charge in [0.05, 0.1) is 0 Å². The van der Waals surface area contributed by atoms with Crippen LogP contribution in [-0.4, -0.2) is 61.9 Å². The third-order valence-corrected chi connectivity index (χ3v) is 6.01. The lowest BCUT2D eigenvalue weighted by Crippen LogP contribution is -2.50. The summed E-state index contributed by atoms with van der Waals surface area (Å²) in [6.07, 6.45) is 3.96. The average molecular weight is 438 g/mol. The largest absolute Gasteiger partial charge is 0.352 e. The Balaban J connectivity index is 1.15. The molecular formula is C20H19FN8OS. The van der Waals surface area contributed by atoms with Gasteiger partial charge in [0.25, 0.3) is 0 Å². The molecule has 9 nitrogen and oxygen atoms in total. The third kappa shape index (κ3) is 4.31. The molecule has 11 heteroatoms. The van der Waals surface area contributed by atoms with E-state index in [1.54, 1.807) is 34.1 Å². The molecule has 0 aliphatic carbocycles. The number of thiazole rings is 1. The van der Waals surface area contributed by atoms with E-state index in [0.717, 1.165) is 16.3 Å². The lowest BCUT2D eigenvalue weighted by Gasteiger charge is -2.35. The zero-order valence-electron chi connectivity index (χ0n) is 16.5. The molecule has 0 spiro atoms. The molecule has 1 saturated heterocycles. The number of urea groups is 1. The van der Waals surface area contributed by atoms with Crippen molar-refractivity contribution in [2.45, 2.75) is 6.42 Å². The van der Waals surface area contributed by atoms with Crippen molar-refractivity contribution < 1.29 is 9.18 Å². The molecule has 5 rings (SSSR count). The van der Waals surface area contributed by atoms with E-state index in [0.29, 0.717) is 43.4 Å². The fourth-order valence-electron chi connectivity index (χ4n) is 3.45. The molecule has 3 aromatic heterocycles. The Labute approximate surface area is 181 Å². The highest BCUT2D eigenvalue weighted by molar-refractivity contribution is 7.15. The van der Waals surface area contributed by atoms with Crippen LogP contribution in [0.4, 0.5) is 20.1 Å². The van der Waals surface area contributed by atoms with Gasteiger partial charge < -0.3 is 9.80 Å². The van der Waals surface area contributed by atoms with E-state index in [1.807, 2.05) is 12.1 Å². The van der Waals surface area contributed by atoms with Crippen LogP contribution in [0.1, 0.15) is 10.4 Å². The minimum absolute atomic E-state index is 0.162. The van der Waals surface area contributed by atoms with E-state index in [2.05, 4.69) is 30.5 Å². The van der Waals surface area contributed by atoms with Gasteiger partial charge in [-0.25, -0.2) is 14.2 Å². The molecule has 4 aromatic rings. The first kappa shape index (κ1) is 19.4. The van der Waals surface area contributed by atoms with Gasteiger partial charge >= 0.3 is 6.03 Å². The van der Waals surface area contributed by atoms with Gasteiger partial charge in [-0.15, -0.1) is 26.6 Å². The molecule has 0 saturated carbocycles. The van der Waals surface area contributed by atoms with E-state index in [9.17, 15) is 9.18 Å². The molecule has 1 N–H and O–H groups in total. The zero-order chi connectivity index (χ0) is 21.2. The molecule has 1 aliphatic heterocycles. The van der Waals surface area contributed by atoms with Crippen molar-refractivity contribution in [3.8, 4) is 0 Å². The average Bonchev–Trinajstić information content (AvgIpc) is 3.44. The second-order valence-corrected chi connectivity index (χ2v) is 8.28. The lowest BCUT2D eigenvalue weighted by molar-refractivity contribution is 0.208. The first-order valence-corrected chi connectivity index (χ1v) is 10.6. The number of amides is 2. The predicted octanol–water partition coefficient (Wildman–Crippen LogP) is 2.66. The number of fused-ring (bicyclic) bond motifs is 1. The summed E-state index contributed by atoms with van der Waals surface area (Å²) < 4.78 is 14.7. The molecule has 0 unspecified atom stereocenters. The number of benzene rings is 1. The number of nitrogens with one attached hydrogen (secondary N) is 1. The summed E-state index contributed by atoms with van der Waals surface area (Å²) >= 11 is 1.43. The quantitative estimate of drug-likeness (QED) is 0.527. The van der Waals surface area contributed by atoms with Crippen LogP contribution in [0.3, 0.4) is 0 Å². The molecule has 0 atom stereocenters. The number of halogens is 1. The van der Waals surface area contributed by atoms with Crippen molar-refractivity contribution in [2.75, 3.05) is 36.4 Å². The second kappa shape index (κ2) is 8.26. The maximum Gasteiger partial charge on any atom is 0.323 e. The monoisotopic (exact) mass is 438 g/mol. The number of carbonyl (C=O) groups excluding carboxylic acids is 1. The Morgan fingerprint density at radius 2 is 1.90 bits per heavy atom. The van der Waals surface area contributed by atoms with Crippen LogP contribution in [0, 0.1) is 5.82 Å². The minimum Gasteiger partial charge on any atom is -0.352 e. The fourth-order valence-corrected chi connectivity index (χ4v) is 4.28. The molecule has 1 aromatic carbocycles. The summed E-state index contributed by atoms with van der Waals surface area (Å²) in [7, 11) is 0. The van der Waals surface area contributed by atoms with Crippen LogP contribution in [0.15, 0.2) is 48.9 Å². The summed E-state index contributed by atoms with van der Waals surface area (Å²) in [5.41, 5.74) is 1.70. The Morgan fingerprint density at radius 1 is 1.10 bits per heavy atom. The van der Waals surface area contributed by atoms with Gasteiger partial charge in [-0.1, -0.05) is 12.1 Å². The van der Waals surface area contributed by atoms with E-state index in [4.69, 9.17) is 0 Å². The molecule has 1 fully saturated rings. The Morgan fingerprint density at radius 3 is 2.71 bits per heavy atom. The van der Waals surface area contributed by atoms with Crippen LogP contribution in [-0.2, 0) is 6.42 Å². The molecule has 0 radical (unpaired) electrons. The molecule has 0 bridgehead atoms. The lowest BCUT2D eigenvalue weighted by atomic mass is 10.1. The second-order valence-electron chi connectivity index (χ2n) is 7.16. The topological polar surface area (TPSA) is 91.5 Å². The number of piperazine rings is 1. The van der Waals surface area contributed by atoms with Crippen LogP contribution in [0.2, 0.25) is 0 Å². The number of hydrogen-bond donors (Lipinski definition) is 1. The van der Waals surface area contributed by atoms with E-state index >= 15 is 0 Å². The number of hydrogen-bond acceptors (Lipinski definition) is 7. The Bertz CT molecular complexity index is 1200. The predicted molar refractivity (Wildman–Crippen MR) is 115 cm³/mol. The molecular weight excluding hydrogens is 419 g/mol. The SMILES string of the molecule is O=C(Nc1ncc(Cc2ccc(F)cc2)s1)N1CCN(c2ccc3nncn3n2)CC1. The third-order valence-electron chi connectivity index (χ3n) is 5.10. The molecule has 4 heterocycles. The molecule has 1 aliphatic rings. The first-order valence-electron chi connectivity index (χ1n) is 9.81. The van der Waals surface area contributed by atoms with E-state index < -0.39 is 0 Å². The summed E-state index contributed by atoms with van der Waals surface area (Å²) in [5.74, 6) is 0.578. The summed E-state index contributed by atoms with van der Waals surface area (Å²) in [6, 6.07) is 10.0. The van der Waals surface area contributed by atoms with E-state index in [1.165, 1.54) is 23.5 Å². The van der Waals surface area contributed by atoms with Crippen molar-refractivity contribution in [1.82, 2.24) is 29.7 Å². The summed E-state index contributed by atoms with van der Waals surface area (Å²) in [4.78, 5) is 21.8. The van der Waals surface area contributed by atoms with Gasteiger partial charge in [-0.05, 0) is 29.8 Å². The van der Waals surface area contributed by atoms with Crippen molar-refractivity contribution in [1.29, 1.82) is 0 Å². The van der Waals surface area contributed by atoms with Crippen molar-refractivity contribution in [3.05, 3.63) is 65.2 Å². The fraction of sp³-hybridized carbons (Fsp3) is 0.250. The van der Waals surface area contributed by atoms with Crippen LogP contribution >= 0.6 is 11.3 Å². The number of aromatic nitrogens is 5. The smallest absolute Gasteiger partial charge is 0.323 e. The molecule has 2 amide bonds. The molecule has 31 heavy (non-hydrogen) atoms. The summed E-state index contributed by atoms with van der Waals surface area (Å²) in [5, 5.41) is 15.8. The minimum atomic E-state index is -0.254. The Kier molecular flexibility index (Phi) is 5.16. The standard InChI is InChI=1S/C20H19FN8OS/c21-15-3-1-14(2-4-15)11-16-12-22-19(31-16)24-20(30)28-9-7-27(8-10-28)18-6-5-17-25-23-13-29(17)26-18/h1-6,12-13H,7-11H2,(H,22,24,30). The van der Waals surface area contributed by atoms with Gasteiger partial charge in [0.2, 0.25) is 0 Å². The normalized spacial score (nSPS) is 14.2. The van der Waals surface area contributed by atoms with Gasteiger partial charge in [-0.2, -0.15) is 4.52 Å². The van der Waals surface area contributed by atoms with Gasteiger partial charge in [-0.3, -0.25) is 5.32 Å².